The SMILES string of the molecule is SCCCCCCCCCCCCCCCCC[SiH](Cl)Cl. The fourth-order valence-corrected chi connectivity index (χ4v) is 4.46. The van der Waals surface area contributed by atoms with Gasteiger partial charge in [0.05, 0.1) is 0 Å². The number of halogens is 2. The van der Waals surface area contributed by atoms with Crippen LogP contribution in [0.5, 0.6) is 0 Å². The maximum Gasteiger partial charge on any atom is 0.237 e. The molecule has 0 radical (unpaired) electrons. The van der Waals surface area contributed by atoms with E-state index in [0.717, 1.165) is 11.8 Å². The van der Waals surface area contributed by atoms with Crippen molar-refractivity contribution in [3.8, 4) is 0 Å². The number of thiol groups is 1. The van der Waals surface area contributed by atoms with Crippen LogP contribution in [0.3, 0.4) is 0 Å². The minimum atomic E-state index is -1.32. The van der Waals surface area contributed by atoms with E-state index >= 15 is 0 Å². The van der Waals surface area contributed by atoms with Gasteiger partial charge in [0, 0.05) is 0 Å². The summed E-state index contributed by atoms with van der Waals surface area (Å²) in [5.41, 5.74) is 0. The van der Waals surface area contributed by atoms with Crippen LogP contribution in [0.1, 0.15) is 96.3 Å². The minimum Gasteiger partial charge on any atom is -0.179 e. The number of hydrogen-bond donors (Lipinski definition) is 1. The molecule has 0 aliphatic heterocycles. The summed E-state index contributed by atoms with van der Waals surface area (Å²) < 4.78 is 0. The Morgan fingerprint density at radius 1 is 0.476 bits per heavy atom. The zero-order chi connectivity index (χ0) is 15.6. The second kappa shape index (κ2) is 19.2. The highest BCUT2D eigenvalue weighted by molar-refractivity contribution is 7.80. The standard InChI is InChI=1S/C17H36Cl2SSi/c18-21(19)17-15-13-11-9-7-5-3-1-2-4-6-8-10-12-14-16-20/h20-21H,1-17H2. The Balaban J connectivity index is 2.93. The van der Waals surface area contributed by atoms with Gasteiger partial charge >= 0.3 is 0 Å². The number of unbranched alkanes of at least 4 members (excludes halogenated alkanes) is 14. The van der Waals surface area contributed by atoms with Gasteiger partial charge in [-0.1, -0.05) is 89.9 Å². The highest BCUT2D eigenvalue weighted by atomic mass is 35.7. The van der Waals surface area contributed by atoms with Crippen molar-refractivity contribution in [2.24, 2.45) is 0 Å². The monoisotopic (exact) mass is 370 g/mol. The van der Waals surface area contributed by atoms with Crippen molar-refractivity contribution >= 4 is 42.2 Å². The molecule has 0 bridgehead atoms. The van der Waals surface area contributed by atoms with Gasteiger partial charge in [0.2, 0.25) is 7.42 Å². The van der Waals surface area contributed by atoms with Crippen LogP contribution in [0.2, 0.25) is 6.04 Å². The summed E-state index contributed by atoms with van der Waals surface area (Å²) in [6.45, 7) is 0. The number of rotatable bonds is 17. The summed E-state index contributed by atoms with van der Waals surface area (Å²) in [5, 5.41) is 0. The van der Waals surface area contributed by atoms with Crippen LogP contribution in [0.15, 0.2) is 0 Å². The zero-order valence-corrected chi connectivity index (χ0v) is 17.4. The largest absolute Gasteiger partial charge is 0.237 e. The first-order valence-electron chi connectivity index (χ1n) is 9.16. The first-order valence-corrected chi connectivity index (χ1v) is 14.1. The third-order valence-corrected chi connectivity index (χ3v) is 6.55. The van der Waals surface area contributed by atoms with Crippen LogP contribution >= 0.6 is 34.8 Å². The highest BCUT2D eigenvalue weighted by Gasteiger charge is 2.00. The van der Waals surface area contributed by atoms with E-state index in [-0.39, 0.29) is 0 Å². The van der Waals surface area contributed by atoms with Gasteiger partial charge in [-0.15, -0.1) is 0 Å². The molecular weight excluding hydrogens is 335 g/mol. The molecule has 0 aliphatic carbocycles. The van der Waals surface area contributed by atoms with E-state index in [1.54, 1.807) is 0 Å². The maximum atomic E-state index is 5.84. The molecule has 0 atom stereocenters. The third kappa shape index (κ3) is 21.1. The summed E-state index contributed by atoms with van der Waals surface area (Å²) in [5.74, 6) is 1.06. The van der Waals surface area contributed by atoms with E-state index in [1.165, 1.54) is 96.3 Å². The summed E-state index contributed by atoms with van der Waals surface area (Å²) in [4.78, 5) is 0. The van der Waals surface area contributed by atoms with Gasteiger partial charge in [-0.2, -0.15) is 34.8 Å². The first-order chi connectivity index (χ1) is 10.3. The van der Waals surface area contributed by atoms with Gasteiger partial charge in [0.15, 0.2) is 0 Å². The quantitative estimate of drug-likeness (QED) is 0.117. The lowest BCUT2D eigenvalue weighted by atomic mass is 10.0. The predicted molar refractivity (Wildman–Crippen MR) is 107 cm³/mol. The molecule has 4 heteroatoms. The molecule has 0 saturated carbocycles. The fraction of sp³-hybridized carbons (Fsp3) is 1.00. The van der Waals surface area contributed by atoms with E-state index in [1.807, 2.05) is 0 Å². The lowest BCUT2D eigenvalue weighted by Crippen LogP contribution is -1.91. The van der Waals surface area contributed by atoms with Crippen molar-refractivity contribution in [2.45, 2.75) is 102 Å². The van der Waals surface area contributed by atoms with Gasteiger partial charge in [-0.05, 0) is 18.2 Å². The normalized spacial score (nSPS) is 11.4. The van der Waals surface area contributed by atoms with Gasteiger partial charge < -0.3 is 0 Å². The lowest BCUT2D eigenvalue weighted by molar-refractivity contribution is 0.535. The van der Waals surface area contributed by atoms with Crippen LogP contribution in [0.4, 0.5) is 0 Å². The lowest BCUT2D eigenvalue weighted by Gasteiger charge is -2.03. The molecule has 21 heavy (non-hydrogen) atoms. The maximum absolute atomic E-state index is 5.84. The van der Waals surface area contributed by atoms with Crippen molar-refractivity contribution in [1.82, 2.24) is 0 Å². The Labute approximate surface area is 150 Å². The van der Waals surface area contributed by atoms with Crippen molar-refractivity contribution < 1.29 is 0 Å². The molecule has 0 aromatic rings. The summed E-state index contributed by atoms with van der Waals surface area (Å²) in [6, 6.07) is 1.09. The highest BCUT2D eigenvalue weighted by Crippen LogP contribution is 2.15. The van der Waals surface area contributed by atoms with Crippen molar-refractivity contribution in [2.75, 3.05) is 5.75 Å². The molecule has 0 spiro atoms. The minimum absolute atomic E-state index is 1.06. The second-order valence-electron chi connectivity index (χ2n) is 6.21. The van der Waals surface area contributed by atoms with Crippen molar-refractivity contribution in [1.29, 1.82) is 0 Å². The van der Waals surface area contributed by atoms with Gasteiger partial charge in [-0.25, -0.2) is 0 Å². The molecule has 0 aromatic heterocycles. The summed E-state index contributed by atoms with van der Waals surface area (Å²) in [7, 11) is -1.32. The molecule has 0 amide bonds. The third-order valence-electron chi connectivity index (χ3n) is 4.08. The summed E-state index contributed by atoms with van der Waals surface area (Å²) >= 11 is 15.9. The Kier molecular flexibility index (Phi) is 20.2. The van der Waals surface area contributed by atoms with Crippen LogP contribution in [-0.4, -0.2) is 13.2 Å². The van der Waals surface area contributed by atoms with E-state index in [0.29, 0.717) is 0 Å². The molecule has 128 valence electrons. The average molecular weight is 372 g/mol. The first kappa shape index (κ1) is 22.1. The Morgan fingerprint density at radius 3 is 1.05 bits per heavy atom. The van der Waals surface area contributed by atoms with Crippen molar-refractivity contribution in [3.63, 3.8) is 0 Å². The average Bonchev–Trinajstić information content (AvgIpc) is 2.46. The molecule has 0 fully saturated rings. The van der Waals surface area contributed by atoms with Gasteiger partial charge in [0.25, 0.3) is 0 Å². The Bertz CT molecular complexity index is 192. The van der Waals surface area contributed by atoms with Crippen LogP contribution in [0, 0.1) is 0 Å². The van der Waals surface area contributed by atoms with Crippen LogP contribution < -0.4 is 0 Å². The molecule has 0 aromatic carbocycles. The Hall–Kier alpha value is 1.15. The molecule has 0 rings (SSSR count). The molecule has 0 nitrogen and oxygen atoms in total. The molecule has 0 unspecified atom stereocenters. The van der Waals surface area contributed by atoms with Crippen LogP contribution in [0.25, 0.3) is 0 Å². The van der Waals surface area contributed by atoms with Crippen molar-refractivity contribution in [3.05, 3.63) is 0 Å². The van der Waals surface area contributed by atoms with E-state index in [9.17, 15) is 0 Å². The molecule has 0 aliphatic rings. The van der Waals surface area contributed by atoms with Gasteiger partial charge in [0.1, 0.15) is 0 Å². The van der Waals surface area contributed by atoms with E-state index < -0.39 is 7.42 Å². The second-order valence-corrected chi connectivity index (χ2v) is 11.8. The molecule has 0 saturated heterocycles. The predicted octanol–water partition coefficient (Wildman–Crippen LogP) is 7.47. The molecule has 0 heterocycles. The molecular formula is C17H36Cl2SSi. The topological polar surface area (TPSA) is 0 Å². The number of hydrogen-bond acceptors (Lipinski definition) is 1. The van der Waals surface area contributed by atoms with Crippen LogP contribution in [-0.2, 0) is 0 Å². The smallest absolute Gasteiger partial charge is 0.179 e. The molecule has 0 N–H and O–H groups in total. The Morgan fingerprint density at radius 2 is 0.762 bits per heavy atom. The van der Waals surface area contributed by atoms with Gasteiger partial charge in [-0.3, -0.25) is 0 Å². The fourth-order valence-electron chi connectivity index (χ4n) is 2.71. The van der Waals surface area contributed by atoms with E-state index in [4.69, 9.17) is 22.2 Å². The van der Waals surface area contributed by atoms with E-state index in [2.05, 4.69) is 12.6 Å². The summed E-state index contributed by atoms with van der Waals surface area (Å²) in [6.07, 6.45) is 21.0. The zero-order valence-electron chi connectivity index (χ0n) is 13.8.